The maximum Gasteiger partial charge on any atom is 0.119 e. The fourth-order valence-electron chi connectivity index (χ4n) is 2.78. The van der Waals surface area contributed by atoms with Gasteiger partial charge in [-0.2, -0.15) is 11.8 Å². The Morgan fingerprint density at radius 1 is 1.40 bits per heavy atom. The van der Waals surface area contributed by atoms with Crippen LogP contribution >= 0.6 is 11.8 Å². The molecule has 2 rings (SSSR count). The molecule has 0 saturated carbocycles. The number of methoxy groups -OCH3 is 1. The molecule has 112 valence electrons. The minimum Gasteiger partial charge on any atom is -0.497 e. The van der Waals surface area contributed by atoms with E-state index in [0.717, 1.165) is 18.2 Å². The first-order valence-electron chi connectivity index (χ1n) is 7.67. The summed E-state index contributed by atoms with van der Waals surface area (Å²) >= 11 is 2.13. The van der Waals surface area contributed by atoms with E-state index in [1.807, 2.05) is 0 Å². The Balaban J connectivity index is 2.08. The monoisotopic (exact) mass is 293 g/mol. The van der Waals surface area contributed by atoms with Gasteiger partial charge in [-0.15, -0.1) is 0 Å². The van der Waals surface area contributed by atoms with E-state index in [-0.39, 0.29) is 0 Å². The van der Waals surface area contributed by atoms with Gasteiger partial charge in [-0.3, -0.25) is 0 Å². The van der Waals surface area contributed by atoms with Crippen molar-refractivity contribution in [3.05, 3.63) is 29.3 Å². The van der Waals surface area contributed by atoms with E-state index in [0.29, 0.717) is 11.3 Å². The van der Waals surface area contributed by atoms with Crippen LogP contribution in [0.5, 0.6) is 5.75 Å². The molecule has 1 N–H and O–H groups in total. The second-order valence-electron chi connectivity index (χ2n) is 5.90. The van der Waals surface area contributed by atoms with Gasteiger partial charge in [-0.1, -0.05) is 26.8 Å². The average Bonchev–Trinajstić information content (AvgIpc) is 2.76. The number of benzene rings is 1. The van der Waals surface area contributed by atoms with Gasteiger partial charge in [-0.25, -0.2) is 0 Å². The van der Waals surface area contributed by atoms with Gasteiger partial charge in [0.1, 0.15) is 5.75 Å². The van der Waals surface area contributed by atoms with E-state index in [1.165, 1.54) is 29.7 Å². The van der Waals surface area contributed by atoms with Crippen LogP contribution in [0.1, 0.15) is 44.4 Å². The van der Waals surface area contributed by atoms with Crippen molar-refractivity contribution in [1.29, 1.82) is 0 Å². The van der Waals surface area contributed by atoms with Crippen molar-refractivity contribution >= 4 is 11.8 Å². The Kier molecular flexibility index (Phi) is 5.79. The van der Waals surface area contributed by atoms with Gasteiger partial charge in [0.05, 0.1) is 7.11 Å². The maximum absolute atomic E-state index is 5.38. The van der Waals surface area contributed by atoms with Crippen LogP contribution in [-0.4, -0.2) is 24.7 Å². The van der Waals surface area contributed by atoms with E-state index in [2.05, 4.69) is 56.0 Å². The number of hydrogen-bond donors (Lipinski definition) is 1. The van der Waals surface area contributed by atoms with Crippen molar-refractivity contribution in [3.63, 3.8) is 0 Å². The van der Waals surface area contributed by atoms with Crippen molar-refractivity contribution in [2.45, 2.75) is 44.9 Å². The molecule has 20 heavy (non-hydrogen) atoms. The highest BCUT2D eigenvalue weighted by Gasteiger charge is 2.32. The lowest BCUT2D eigenvalue weighted by molar-refractivity contribution is 0.413. The highest BCUT2D eigenvalue weighted by atomic mass is 32.2. The third-order valence-electron chi connectivity index (χ3n) is 3.93. The summed E-state index contributed by atoms with van der Waals surface area (Å²) in [6.07, 6.45) is 2.49. The van der Waals surface area contributed by atoms with Gasteiger partial charge in [0.25, 0.3) is 0 Å². The normalized spacial score (nSPS) is 21.2. The Morgan fingerprint density at radius 2 is 2.20 bits per heavy atom. The van der Waals surface area contributed by atoms with Crippen molar-refractivity contribution in [2.24, 2.45) is 5.92 Å². The number of fused-ring (bicyclic) bond motifs is 1. The Labute approximate surface area is 127 Å². The number of nitrogens with one attached hydrogen (secondary N) is 1. The zero-order chi connectivity index (χ0) is 14.5. The number of hydrogen-bond acceptors (Lipinski definition) is 3. The molecule has 2 nitrogen and oxygen atoms in total. The lowest BCUT2D eigenvalue weighted by Crippen LogP contribution is -2.27. The van der Waals surface area contributed by atoms with Crippen molar-refractivity contribution in [1.82, 2.24) is 5.32 Å². The van der Waals surface area contributed by atoms with Crippen molar-refractivity contribution in [2.75, 3.05) is 19.4 Å². The number of rotatable bonds is 7. The van der Waals surface area contributed by atoms with Crippen LogP contribution in [0.3, 0.4) is 0 Å². The fraction of sp³-hybridized carbons (Fsp3) is 0.647. The predicted octanol–water partition coefficient (Wildman–Crippen LogP) is 4.05. The van der Waals surface area contributed by atoms with Gasteiger partial charge in [0.2, 0.25) is 0 Å². The molecule has 1 aliphatic rings. The molecular formula is C17H27NOS. The SMILES string of the molecule is CCNC1c2cc(OC)ccc2CC1SCCC(C)C. The van der Waals surface area contributed by atoms with E-state index < -0.39 is 0 Å². The van der Waals surface area contributed by atoms with Gasteiger partial charge >= 0.3 is 0 Å². The third-order valence-corrected chi connectivity index (χ3v) is 5.27. The molecule has 1 aromatic carbocycles. The largest absolute Gasteiger partial charge is 0.497 e. The van der Waals surface area contributed by atoms with E-state index in [9.17, 15) is 0 Å². The highest BCUT2D eigenvalue weighted by molar-refractivity contribution is 7.99. The van der Waals surface area contributed by atoms with E-state index in [1.54, 1.807) is 7.11 Å². The van der Waals surface area contributed by atoms with Crippen molar-refractivity contribution in [3.8, 4) is 5.75 Å². The number of ether oxygens (including phenoxy) is 1. The number of thioether (sulfide) groups is 1. The zero-order valence-electron chi connectivity index (χ0n) is 13.1. The molecule has 1 aliphatic carbocycles. The summed E-state index contributed by atoms with van der Waals surface area (Å²) in [5, 5.41) is 4.33. The molecule has 2 atom stereocenters. The summed E-state index contributed by atoms with van der Waals surface area (Å²) in [6, 6.07) is 7.01. The average molecular weight is 293 g/mol. The molecule has 0 fully saturated rings. The topological polar surface area (TPSA) is 21.3 Å². The summed E-state index contributed by atoms with van der Waals surface area (Å²) < 4.78 is 5.38. The lowest BCUT2D eigenvalue weighted by Gasteiger charge is -2.21. The molecule has 0 saturated heterocycles. The Hall–Kier alpha value is -0.670. The zero-order valence-corrected chi connectivity index (χ0v) is 13.9. The van der Waals surface area contributed by atoms with Gasteiger partial charge < -0.3 is 10.1 Å². The minimum atomic E-state index is 0.474. The van der Waals surface area contributed by atoms with Crippen LogP contribution in [-0.2, 0) is 6.42 Å². The molecule has 0 amide bonds. The van der Waals surface area contributed by atoms with Crippen LogP contribution in [0, 0.1) is 5.92 Å². The molecule has 3 heteroatoms. The first-order chi connectivity index (χ1) is 9.65. The first kappa shape index (κ1) is 15.7. The highest BCUT2D eigenvalue weighted by Crippen LogP contribution is 2.40. The first-order valence-corrected chi connectivity index (χ1v) is 8.72. The summed E-state index contributed by atoms with van der Waals surface area (Å²) in [5.74, 6) is 3.03. The third kappa shape index (κ3) is 3.70. The van der Waals surface area contributed by atoms with Gasteiger partial charge in [-0.05, 0) is 54.3 Å². The molecular weight excluding hydrogens is 266 g/mol. The predicted molar refractivity (Wildman–Crippen MR) is 88.8 cm³/mol. The van der Waals surface area contributed by atoms with Crippen LogP contribution in [0.25, 0.3) is 0 Å². The summed E-state index contributed by atoms with van der Waals surface area (Å²) in [7, 11) is 1.74. The molecule has 0 aliphatic heterocycles. The Morgan fingerprint density at radius 3 is 2.85 bits per heavy atom. The van der Waals surface area contributed by atoms with E-state index >= 15 is 0 Å². The Bertz CT molecular complexity index is 433. The second-order valence-corrected chi connectivity index (χ2v) is 7.24. The van der Waals surface area contributed by atoms with E-state index in [4.69, 9.17) is 4.74 Å². The van der Waals surface area contributed by atoms with Gasteiger partial charge in [0.15, 0.2) is 0 Å². The van der Waals surface area contributed by atoms with Crippen LogP contribution < -0.4 is 10.1 Å². The lowest BCUT2D eigenvalue weighted by atomic mass is 10.1. The molecule has 0 spiro atoms. The van der Waals surface area contributed by atoms with Crippen LogP contribution in [0.4, 0.5) is 0 Å². The molecule has 1 aromatic rings. The summed E-state index contributed by atoms with van der Waals surface area (Å²) in [6.45, 7) is 7.81. The summed E-state index contributed by atoms with van der Waals surface area (Å²) in [4.78, 5) is 0. The molecule has 0 aromatic heterocycles. The molecule has 0 radical (unpaired) electrons. The minimum absolute atomic E-state index is 0.474. The van der Waals surface area contributed by atoms with Gasteiger partial charge in [0, 0.05) is 11.3 Å². The fourth-order valence-corrected chi connectivity index (χ4v) is 4.42. The molecule has 0 heterocycles. The van der Waals surface area contributed by atoms with Crippen LogP contribution in [0.15, 0.2) is 18.2 Å². The quantitative estimate of drug-likeness (QED) is 0.819. The standard InChI is InChI=1S/C17H27NOS/c1-5-18-17-15-11-14(19-4)7-6-13(15)10-16(17)20-9-8-12(2)3/h6-7,11-12,16-18H,5,8-10H2,1-4H3. The smallest absolute Gasteiger partial charge is 0.119 e. The second kappa shape index (κ2) is 7.37. The summed E-state index contributed by atoms with van der Waals surface area (Å²) in [5.41, 5.74) is 2.92. The van der Waals surface area contributed by atoms with Crippen molar-refractivity contribution < 1.29 is 4.74 Å². The molecule has 2 unspecified atom stereocenters. The maximum atomic E-state index is 5.38. The molecule has 0 bridgehead atoms. The van der Waals surface area contributed by atoms with Crippen LogP contribution in [0.2, 0.25) is 0 Å².